The largest absolute Gasteiger partial charge is 0.458 e. The van der Waals surface area contributed by atoms with Gasteiger partial charge in [0.1, 0.15) is 11.9 Å². The molecule has 1 saturated heterocycles. The molecule has 5 atom stereocenters. The molecule has 2 rings (SSSR count). The fourth-order valence-electron chi connectivity index (χ4n) is 4.01. The average Bonchev–Trinajstić information content (AvgIpc) is 3.12. The van der Waals surface area contributed by atoms with Crippen molar-refractivity contribution in [2.24, 2.45) is 17.8 Å². The van der Waals surface area contributed by atoms with E-state index in [4.69, 9.17) is 9.47 Å². The van der Waals surface area contributed by atoms with Crippen LogP contribution < -0.4 is 0 Å². The summed E-state index contributed by atoms with van der Waals surface area (Å²) in [6, 6.07) is 0. The van der Waals surface area contributed by atoms with Gasteiger partial charge in [0, 0.05) is 19.8 Å². The van der Waals surface area contributed by atoms with E-state index in [-0.39, 0.29) is 41.4 Å². The summed E-state index contributed by atoms with van der Waals surface area (Å²) in [7, 11) is 0. The number of ketones is 1. The number of carbonyl (C=O) groups excluding carboxylic acids is 2. The van der Waals surface area contributed by atoms with E-state index < -0.39 is 0 Å². The molecule has 0 N–H and O–H groups in total. The van der Waals surface area contributed by atoms with E-state index in [2.05, 4.69) is 34.3 Å². The molecule has 1 aliphatic carbocycles. The number of rotatable bonds is 3. The van der Waals surface area contributed by atoms with Crippen LogP contribution in [0.25, 0.3) is 0 Å². The third-order valence-corrected chi connectivity index (χ3v) is 5.68. The minimum absolute atomic E-state index is 0.162. The number of Topliss-reactive ketones (excluding diaryl/α,β-unsaturated/α-hetero) is 1. The fourth-order valence-corrected chi connectivity index (χ4v) is 4.01. The predicted molar refractivity (Wildman–Crippen MR) is 103 cm³/mol. The Labute approximate surface area is 158 Å². The van der Waals surface area contributed by atoms with E-state index in [1.54, 1.807) is 0 Å². The van der Waals surface area contributed by atoms with Crippen molar-refractivity contribution in [3.63, 3.8) is 0 Å². The first-order valence-electron chi connectivity index (χ1n) is 9.78. The van der Waals surface area contributed by atoms with Gasteiger partial charge in [-0.05, 0) is 44.1 Å². The topological polar surface area (TPSA) is 55.9 Å². The maximum atomic E-state index is 12.9. The number of hydrogen-bond acceptors (Lipinski definition) is 4. The van der Waals surface area contributed by atoms with Crippen LogP contribution in [0.5, 0.6) is 0 Å². The van der Waals surface area contributed by atoms with Gasteiger partial charge in [0.25, 0.3) is 0 Å². The number of fused-ring (bicyclic) bond motifs is 1. The van der Waals surface area contributed by atoms with Crippen molar-refractivity contribution < 1.29 is 19.1 Å². The lowest BCUT2D eigenvalue weighted by Crippen LogP contribution is -2.30. The van der Waals surface area contributed by atoms with Crippen molar-refractivity contribution in [3.05, 3.63) is 23.8 Å². The Morgan fingerprint density at radius 1 is 1.35 bits per heavy atom. The standard InChI is InChI=1S/C22H34O4/c1-13(2)17-11-18(14(3)4)20(25-16(6)23)12-22(7)21(26-22)9-8-15(5)10-19(17)24/h11,14-15,17,20-21H,1,8-10,12H2,2-7H3/b18-11-/t15?,17?,20?,21-,22?/m1/s1. The Hall–Kier alpha value is -1.42. The summed E-state index contributed by atoms with van der Waals surface area (Å²) in [6.07, 6.45) is 4.90. The van der Waals surface area contributed by atoms with Gasteiger partial charge in [-0.25, -0.2) is 0 Å². The zero-order valence-corrected chi connectivity index (χ0v) is 17.1. The van der Waals surface area contributed by atoms with Crippen LogP contribution in [-0.2, 0) is 19.1 Å². The Balaban J connectivity index is 2.45. The average molecular weight is 363 g/mol. The second kappa shape index (κ2) is 8.08. The number of hydrogen-bond donors (Lipinski definition) is 0. The summed E-state index contributed by atoms with van der Waals surface area (Å²) < 4.78 is 11.7. The van der Waals surface area contributed by atoms with E-state index >= 15 is 0 Å². The third kappa shape index (κ3) is 5.06. The molecule has 0 radical (unpaired) electrons. The SMILES string of the molecule is C=C(C)C1/C=C(/C(C)C)C(OC(C)=O)CC2(C)O[C@@H]2CCC(C)CC1=O. The summed E-state index contributed by atoms with van der Waals surface area (Å²) in [4.78, 5) is 24.6. The quantitative estimate of drug-likeness (QED) is 0.417. The second-order valence-electron chi connectivity index (χ2n) is 8.72. The molecular formula is C22H34O4. The summed E-state index contributed by atoms with van der Waals surface area (Å²) in [5.41, 5.74) is 1.58. The molecule has 1 fully saturated rings. The van der Waals surface area contributed by atoms with Gasteiger partial charge >= 0.3 is 5.97 Å². The summed E-state index contributed by atoms with van der Waals surface area (Å²) in [5, 5.41) is 0. The van der Waals surface area contributed by atoms with Gasteiger partial charge in [-0.3, -0.25) is 9.59 Å². The smallest absolute Gasteiger partial charge is 0.303 e. The molecule has 0 aromatic rings. The highest BCUT2D eigenvalue weighted by atomic mass is 16.6. The molecule has 4 unspecified atom stereocenters. The van der Waals surface area contributed by atoms with Crippen LogP contribution in [0, 0.1) is 17.8 Å². The molecule has 4 heteroatoms. The molecule has 1 aliphatic heterocycles. The van der Waals surface area contributed by atoms with Crippen molar-refractivity contribution in [1.82, 2.24) is 0 Å². The summed E-state index contributed by atoms with van der Waals surface area (Å²) in [5.74, 6) is 0.0645. The molecule has 0 amide bonds. The lowest BCUT2D eigenvalue weighted by atomic mass is 9.81. The molecule has 0 aromatic heterocycles. The number of ether oxygens (including phenoxy) is 2. The Morgan fingerprint density at radius 2 is 2.00 bits per heavy atom. The van der Waals surface area contributed by atoms with Crippen LogP contribution in [0.1, 0.15) is 67.2 Å². The van der Waals surface area contributed by atoms with Crippen LogP contribution in [0.4, 0.5) is 0 Å². The molecule has 1 heterocycles. The van der Waals surface area contributed by atoms with Crippen molar-refractivity contribution in [3.8, 4) is 0 Å². The Morgan fingerprint density at radius 3 is 2.54 bits per heavy atom. The van der Waals surface area contributed by atoms with Crippen LogP contribution in [0.15, 0.2) is 23.8 Å². The van der Waals surface area contributed by atoms with E-state index in [0.717, 1.165) is 24.0 Å². The highest BCUT2D eigenvalue weighted by Crippen LogP contribution is 2.46. The van der Waals surface area contributed by atoms with Gasteiger partial charge in [0.05, 0.1) is 17.6 Å². The first kappa shape index (κ1) is 20.9. The van der Waals surface area contributed by atoms with Crippen LogP contribution in [-0.4, -0.2) is 29.6 Å². The van der Waals surface area contributed by atoms with Gasteiger partial charge in [0.2, 0.25) is 0 Å². The van der Waals surface area contributed by atoms with Crippen molar-refractivity contribution in [2.45, 2.75) is 85.0 Å². The first-order chi connectivity index (χ1) is 12.0. The number of epoxide rings is 1. The predicted octanol–water partition coefficient (Wildman–Crippen LogP) is 4.63. The molecule has 0 saturated carbocycles. The summed E-state index contributed by atoms with van der Waals surface area (Å²) in [6.45, 7) is 15.8. The van der Waals surface area contributed by atoms with Gasteiger partial charge in [0.15, 0.2) is 0 Å². The van der Waals surface area contributed by atoms with E-state index in [0.29, 0.717) is 18.8 Å². The van der Waals surface area contributed by atoms with Gasteiger partial charge in [-0.1, -0.05) is 39.0 Å². The minimum atomic E-state index is -0.367. The molecule has 0 aromatic carbocycles. The molecule has 146 valence electrons. The Bertz CT molecular complexity index is 603. The molecule has 2 aliphatic rings. The van der Waals surface area contributed by atoms with E-state index in [9.17, 15) is 9.59 Å². The van der Waals surface area contributed by atoms with E-state index in [1.807, 2.05) is 13.0 Å². The van der Waals surface area contributed by atoms with Crippen LogP contribution in [0.3, 0.4) is 0 Å². The zero-order valence-electron chi connectivity index (χ0n) is 17.1. The van der Waals surface area contributed by atoms with Gasteiger partial charge < -0.3 is 9.47 Å². The lowest BCUT2D eigenvalue weighted by Gasteiger charge is -2.27. The number of esters is 1. The van der Waals surface area contributed by atoms with Crippen LogP contribution >= 0.6 is 0 Å². The fraction of sp³-hybridized carbons (Fsp3) is 0.727. The highest BCUT2D eigenvalue weighted by molar-refractivity contribution is 5.85. The Kier molecular flexibility index (Phi) is 6.49. The van der Waals surface area contributed by atoms with Crippen molar-refractivity contribution >= 4 is 11.8 Å². The molecule has 26 heavy (non-hydrogen) atoms. The number of carbonyl (C=O) groups is 2. The molecule has 0 bridgehead atoms. The maximum absolute atomic E-state index is 12.9. The minimum Gasteiger partial charge on any atom is -0.458 e. The number of allylic oxidation sites excluding steroid dienone is 2. The first-order valence-corrected chi connectivity index (χ1v) is 9.78. The molecule has 4 nitrogen and oxygen atoms in total. The maximum Gasteiger partial charge on any atom is 0.303 e. The normalized spacial score (nSPS) is 37.7. The van der Waals surface area contributed by atoms with Gasteiger partial charge in [-0.15, -0.1) is 0 Å². The third-order valence-electron chi connectivity index (χ3n) is 5.68. The highest BCUT2D eigenvalue weighted by Gasteiger charge is 2.53. The second-order valence-corrected chi connectivity index (χ2v) is 8.72. The lowest BCUT2D eigenvalue weighted by molar-refractivity contribution is -0.145. The zero-order chi connectivity index (χ0) is 19.6. The molecule has 0 spiro atoms. The molecular weight excluding hydrogens is 328 g/mol. The van der Waals surface area contributed by atoms with Crippen molar-refractivity contribution in [2.75, 3.05) is 0 Å². The van der Waals surface area contributed by atoms with E-state index in [1.165, 1.54) is 6.92 Å². The van der Waals surface area contributed by atoms with Crippen molar-refractivity contribution in [1.29, 1.82) is 0 Å². The van der Waals surface area contributed by atoms with Crippen LogP contribution in [0.2, 0.25) is 0 Å². The monoisotopic (exact) mass is 362 g/mol. The van der Waals surface area contributed by atoms with Gasteiger partial charge in [-0.2, -0.15) is 0 Å². The summed E-state index contributed by atoms with van der Waals surface area (Å²) >= 11 is 0.